The molecule has 0 saturated heterocycles. The first-order chi connectivity index (χ1) is 14.1. The highest BCUT2D eigenvalue weighted by Gasteiger charge is 2.11. The van der Waals surface area contributed by atoms with Crippen molar-refractivity contribution in [3.63, 3.8) is 0 Å². The lowest BCUT2D eigenvalue weighted by molar-refractivity contribution is 0.415. The molecular formula is C25H27N3O. The Bertz CT molecular complexity index is 1120. The largest absolute Gasteiger partial charge is 0.497 e. The number of rotatable bonds is 7. The first kappa shape index (κ1) is 19.2. The standard InChI is InChI=1S/C25H27N3O/c1-18-25(19(2)28(27-18)17-20-7-5-4-6-8-20)16-26-15-21-9-10-23-14-24(29-3)12-11-22(23)13-21/h4-14,26H,15-17H2,1-3H3. The van der Waals surface area contributed by atoms with Gasteiger partial charge in [-0.05, 0) is 53.9 Å². The molecule has 1 heterocycles. The predicted octanol–water partition coefficient (Wildman–Crippen LogP) is 5.00. The maximum Gasteiger partial charge on any atom is 0.119 e. The Morgan fingerprint density at radius 1 is 0.862 bits per heavy atom. The zero-order valence-electron chi connectivity index (χ0n) is 17.3. The molecule has 0 aliphatic carbocycles. The molecule has 3 aromatic carbocycles. The van der Waals surface area contributed by atoms with Gasteiger partial charge in [0.2, 0.25) is 0 Å². The summed E-state index contributed by atoms with van der Waals surface area (Å²) in [7, 11) is 1.70. The number of methoxy groups -OCH3 is 1. The number of hydrogen-bond acceptors (Lipinski definition) is 3. The average molecular weight is 386 g/mol. The Morgan fingerprint density at radius 2 is 1.62 bits per heavy atom. The Morgan fingerprint density at radius 3 is 2.41 bits per heavy atom. The minimum absolute atomic E-state index is 0.807. The van der Waals surface area contributed by atoms with Crippen LogP contribution in [-0.4, -0.2) is 16.9 Å². The lowest BCUT2D eigenvalue weighted by atomic mass is 10.1. The number of aryl methyl sites for hydroxylation is 1. The SMILES string of the molecule is COc1ccc2cc(CNCc3c(C)nn(Cc4ccccc4)c3C)ccc2c1. The van der Waals surface area contributed by atoms with Crippen molar-refractivity contribution >= 4 is 10.8 Å². The lowest BCUT2D eigenvalue weighted by Gasteiger charge is -2.09. The summed E-state index contributed by atoms with van der Waals surface area (Å²) in [6, 6.07) is 23.2. The second-order valence-corrected chi connectivity index (χ2v) is 7.44. The number of benzene rings is 3. The van der Waals surface area contributed by atoms with E-state index in [-0.39, 0.29) is 0 Å². The van der Waals surface area contributed by atoms with Gasteiger partial charge >= 0.3 is 0 Å². The molecule has 4 aromatic rings. The van der Waals surface area contributed by atoms with Gasteiger partial charge in [-0.3, -0.25) is 4.68 Å². The Balaban J connectivity index is 1.42. The van der Waals surface area contributed by atoms with E-state index in [9.17, 15) is 0 Å². The molecule has 4 nitrogen and oxygen atoms in total. The highest BCUT2D eigenvalue weighted by molar-refractivity contribution is 5.84. The third-order valence-corrected chi connectivity index (χ3v) is 5.45. The Kier molecular flexibility index (Phi) is 5.63. The van der Waals surface area contributed by atoms with Gasteiger partial charge in [-0.15, -0.1) is 0 Å². The van der Waals surface area contributed by atoms with Crippen molar-refractivity contribution in [1.29, 1.82) is 0 Å². The van der Waals surface area contributed by atoms with Crippen LogP contribution in [0.15, 0.2) is 66.7 Å². The van der Waals surface area contributed by atoms with Crippen LogP contribution >= 0.6 is 0 Å². The summed E-state index contributed by atoms with van der Waals surface area (Å²) in [5.41, 5.74) is 6.15. The second-order valence-electron chi connectivity index (χ2n) is 7.44. The first-order valence-electron chi connectivity index (χ1n) is 9.98. The quantitative estimate of drug-likeness (QED) is 0.487. The van der Waals surface area contributed by atoms with Crippen LogP contribution in [0.5, 0.6) is 5.75 Å². The van der Waals surface area contributed by atoms with Gasteiger partial charge in [0.15, 0.2) is 0 Å². The van der Waals surface area contributed by atoms with E-state index < -0.39 is 0 Å². The van der Waals surface area contributed by atoms with Crippen molar-refractivity contribution in [1.82, 2.24) is 15.1 Å². The number of fused-ring (bicyclic) bond motifs is 1. The monoisotopic (exact) mass is 385 g/mol. The Hall–Kier alpha value is -3.11. The number of hydrogen-bond donors (Lipinski definition) is 1. The number of ether oxygens (including phenoxy) is 1. The van der Waals surface area contributed by atoms with Crippen LogP contribution in [0.2, 0.25) is 0 Å². The van der Waals surface area contributed by atoms with Crippen LogP contribution in [0.4, 0.5) is 0 Å². The molecule has 0 saturated carbocycles. The summed E-state index contributed by atoms with van der Waals surface area (Å²) in [5, 5.41) is 10.8. The molecule has 0 unspecified atom stereocenters. The molecule has 4 rings (SSSR count). The summed E-state index contributed by atoms with van der Waals surface area (Å²) < 4.78 is 7.41. The molecule has 1 N–H and O–H groups in total. The fourth-order valence-electron chi connectivity index (χ4n) is 3.74. The second kappa shape index (κ2) is 8.50. The normalized spacial score (nSPS) is 11.1. The highest BCUT2D eigenvalue weighted by Crippen LogP contribution is 2.22. The van der Waals surface area contributed by atoms with E-state index in [0.29, 0.717) is 0 Å². The molecule has 0 fully saturated rings. The summed E-state index contributed by atoms with van der Waals surface area (Å²) in [6.07, 6.45) is 0. The number of nitrogens with zero attached hydrogens (tertiary/aromatic N) is 2. The zero-order chi connectivity index (χ0) is 20.2. The summed E-state index contributed by atoms with van der Waals surface area (Å²) >= 11 is 0. The topological polar surface area (TPSA) is 39.1 Å². The van der Waals surface area contributed by atoms with Crippen molar-refractivity contribution in [2.24, 2.45) is 0 Å². The molecule has 0 aliphatic heterocycles. The molecule has 148 valence electrons. The predicted molar refractivity (Wildman–Crippen MR) is 118 cm³/mol. The molecule has 0 spiro atoms. The maximum atomic E-state index is 5.31. The van der Waals surface area contributed by atoms with Crippen molar-refractivity contribution in [2.75, 3.05) is 7.11 Å². The molecule has 0 radical (unpaired) electrons. The van der Waals surface area contributed by atoms with Crippen molar-refractivity contribution in [2.45, 2.75) is 33.5 Å². The van der Waals surface area contributed by atoms with Gasteiger partial charge in [0.1, 0.15) is 5.75 Å². The smallest absolute Gasteiger partial charge is 0.119 e. The number of aromatic nitrogens is 2. The van der Waals surface area contributed by atoms with Gasteiger partial charge in [-0.25, -0.2) is 0 Å². The van der Waals surface area contributed by atoms with Crippen LogP contribution in [0, 0.1) is 13.8 Å². The summed E-state index contributed by atoms with van der Waals surface area (Å²) in [6.45, 7) is 6.69. The van der Waals surface area contributed by atoms with Crippen molar-refractivity contribution in [3.05, 3.63) is 94.8 Å². The van der Waals surface area contributed by atoms with Gasteiger partial charge < -0.3 is 10.1 Å². The first-order valence-corrected chi connectivity index (χ1v) is 9.98. The zero-order valence-corrected chi connectivity index (χ0v) is 17.3. The molecule has 0 amide bonds. The minimum atomic E-state index is 0.807. The van der Waals surface area contributed by atoms with Gasteiger partial charge in [0.25, 0.3) is 0 Å². The van der Waals surface area contributed by atoms with Gasteiger partial charge in [0.05, 0.1) is 19.3 Å². The van der Waals surface area contributed by atoms with Crippen LogP contribution in [0.3, 0.4) is 0 Å². The molecule has 4 heteroatoms. The van der Waals surface area contributed by atoms with Gasteiger partial charge in [-0.2, -0.15) is 5.10 Å². The van der Waals surface area contributed by atoms with Crippen LogP contribution < -0.4 is 10.1 Å². The third-order valence-electron chi connectivity index (χ3n) is 5.45. The van der Waals surface area contributed by atoms with E-state index in [1.54, 1.807) is 7.11 Å². The van der Waals surface area contributed by atoms with E-state index in [0.717, 1.165) is 31.1 Å². The maximum absolute atomic E-state index is 5.31. The average Bonchev–Trinajstić information content (AvgIpc) is 3.01. The minimum Gasteiger partial charge on any atom is -0.497 e. The van der Waals surface area contributed by atoms with Gasteiger partial charge in [0, 0.05) is 24.3 Å². The third kappa shape index (κ3) is 4.33. The van der Waals surface area contributed by atoms with Crippen molar-refractivity contribution in [3.8, 4) is 5.75 Å². The highest BCUT2D eigenvalue weighted by atomic mass is 16.5. The summed E-state index contributed by atoms with van der Waals surface area (Å²) in [5.74, 6) is 0.891. The van der Waals surface area contributed by atoms with E-state index in [1.807, 2.05) is 12.1 Å². The van der Waals surface area contributed by atoms with E-state index in [4.69, 9.17) is 9.84 Å². The fraction of sp³-hybridized carbons (Fsp3) is 0.240. The summed E-state index contributed by atoms with van der Waals surface area (Å²) in [4.78, 5) is 0. The van der Waals surface area contributed by atoms with Crippen LogP contribution in [-0.2, 0) is 19.6 Å². The van der Waals surface area contributed by atoms with Gasteiger partial charge in [-0.1, -0.05) is 48.5 Å². The van der Waals surface area contributed by atoms with E-state index >= 15 is 0 Å². The van der Waals surface area contributed by atoms with E-state index in [1.165, 1.54) is 33.2 Å². The molecule has 0 aliphatic rings. The van der Waals surface area contributed by atoms with E-state index in [2.05, 4.69) is 78.4 Å². The number of nitrogens with one attached hydrogen (secondary N) is 1. The Labute approximate surface area is 172 Å². The fourth-order valence-corrected chi connectivity index (χ4v) is 3.74. The molecular weight excluding hydrogens is 358 g/mol. The molecule has 0 atom stereocenters. The molecule has 0 bridgehead atoms. The van der Waals surface area contributed by atoms with Crippen LogP contribution in [0.25, 0.3) is 10.8 Å². The molecule has 29 heavy (non-hydrogen) atoms. The van der Waals surface area contributed by atoms with Crippen LogP contribution in [0.1, 0.15) is 28.1 Å². The molecule has 1 aromatic heterocycles. The van der Waals surface area contributed by atoms with Crippen molar-refractivity contribution < 1.29 is 4.74 Å². The lowest BCUT2D eigenvalue weighted by Crippen LogP contribution is -2.14.